The van der Waals surface area contributed by atoms with Gasteiger partial charge in [0.05, 0.1) is 17.3 Å². The summed E-state index contributed by atoms with van der Waals surface area (Å²) in [5.74, 6) is -2.91. The van der Waals surface area contributed by atoms with Crippen molar-refractivity contribution in [3.8, 4) is 0 Å². The van der Waals surface area contributed by atoms with E-state index in [1.165, 1.54) is 0 Å². The SMILES string of the molecule is CC(C)C(C(=O)O)=C(C(=O)O)C1CCC(O)CC1. The fourth-order valence-electron chi connectivity index (χ4n) is 2.55. The van der Waals surface area contributed by atoms with Crippen LogP contribution in [-0.4, -0.2) is 33.4 Å². The molecule has 102 valence electrons. The van der Waals surface area contributed by atoms with E-state index in [0.717, 1.165) is 0 Å². The summed E-state index contributed by atoms with van der Waals surface area (Å²) in [5, 5.41) is 27.9. The highest BCUT2D eigenvalue weighted by atomic mass is 16.4. The molecule has 0 atom stereocenters. The lowest BCUT2D eigenvalue weighted by Crippen LogP contribution is -2.26. The molecule has 18 heavy (non-hydrogen) atoms. The maximum absolute atomic E-state index is 11.3. The van der Waals surface area contributed by atoms with E-state index in [1.807, 2.05) is 0 Å². The third-order valence-electron chi connectivity index (χ3n) is 3.43. The zero-order chi connectivity index (χ0) is 13.9. The first-order chi connectivity index (χ1) is 8.34. The fourth-order valence-corrected chi connectivity index (χ4v) is 2.55. The Morgan fingerprint density at radius 1 is 1.00 bits per heavy atom. The molecule has 0 aliphatic heterocycles. The van der Waals surface area contributed by atoms with Gasteiger partial charge in [-0.3, -0.25) is 0 Å². The number of aliphatic carboxylic acids is 2. The molecule has 0 unspecified atom stereocenters. The van der Waals surface area contributed by atoms with Gasteiger partial charge in [-0.1, -0.05) is 13.8 Å². The molecule has 1 saturated carbocycles. The lowest BCUT2D eigenvalue weighted by Gasteiger charge is -2.27. The summed E-state index contributed by atoms with van der Waals surface area (Å²) in [6, 6.07) is 0. The molecule has 1 aliphatic rings. The summed E-state index contributed by atoms with van der Waals surface area (Å²) in [6.07, 6.45) is 1.75. The van der Waals surface area contributed by atoms with Crippen LogP contribution in [0.3, 0.4) is 0 Å². The number of carboxylic acid groups (broad SMARTS) is 2. The average Bonchev–Trinajstić information content (AvgIpc) is 2.25. The summed E-state index contributed by atoms with van der Waals surface area (Å²) in [6.45, 7) is 3.37. The Bertz CT molecular complexity index is 362. The minimum Gasteiger partial charge on any atom is -0.478 e. The second-order valence-electron chi connectivity index (χ2n) is 5.10. The van der Waals surface area contributed by atoms with Crippen molar-refractivity contribution in [3.05, 3.63) is 11.1 Å². The molecule has 0 saturated heterocycles. The Kier molecular flexibility index (Phi) is 4.90. The van der Waals surface area contributed by atoms with Crippen molar-refractivity contribution in [2.75, 3.05) is 0 Å². The van der Waals surface area contributed by atoms with Crippen LogP contribution >= 0.6 is 0 Å². The van der Waals surface area contributed by atoms with Gasteiger partial charge < -0.3 is 15.3 Å². The molecular weight excluding hydrogens is 236 g/mol. The van der Waals surface area contributed by atoms with Gasteiger partial charge in [-0.15, -0.1) is 0 Å². The van der Waals surface area contributed by atoms with E-state index in [1.54, 1.807) is 13.8 Å². The van der Waals surface area contributed by atoms with Crippen LogP contribution in [0.15, 0.2) is 11.1 Å². The van der Waals surface area contributed by atoms with Crippen molar-refractivity contribution in [2.24, 2.45) is 11.8 Å². The van der Waals surface area contributed by atoms with Gasteiger partial charge in [0.25, 0.3) is 0 Å². The summed E-state index contributed by atoms with van der Waals surface area (Å²) in [5.41, 5.74) is 0.00768. The number of hydrogen-bond donors (Lipinski definition) is 3. The molecule has 0 radical (unpaired) electrons. The van der Waals surface area contributed by atoms with Gasteiger partial charge in [0, 0.05) is 0 Å². The fraction of sp³-hybridized carbons (Fsp3) is 0.692. The molecule has 5 heteroatoms. The first-order valence-corrected chi connectivity index (χ1v) is 6.23. The van der Waals surface area contributed by atoms with Gasteiger partial charge in [-0.2, -0.15) is 0 Å². The van der Waals surface area contributed by atoms with Gasteiger partial charge in [0.2, 0.25) is 0 Å². The Labute approximate surface area is 106 Å². The molecule has 0 amide bonds. The number of carbonyl (C=O) groups is 2. The standard InChI is InChI=1S/C13H20O5/c1-7(2)10(12(15)16)11(13(17)18)8-3-5-9(14)6-4-8/h7-9,14H,3-6H2,1-2H3,(H,15,16)(H,17,18). The molecule has 5 nitrogen and oxygen atoms in total. The third kappa shape index (κ3) is 3.32. The monoisotopic (exact) mass is 256 g/mol. The second kappa shape index (κ2) is 6.00. The Balaban J connectivity index is 3.11. The van der Waals surface area contributed by atoms with E-state index in [4.69, 9.17) is 0 Å². The first-order valence-electron chi connectivity index (χ1n) is 6.23. The van der Waals surface area contributed by atoms with Crippen molar-refractivity contribution in [1.29, 1.82) is 0 Å². The first kappa shape index (κ1) is 14.7. The summed E-state index contributed by atoms with van der Waals surface area (Å²) in [7, 11) is 0. The van der Waals surface area contributed by atoms with Crippen molar-refractivity contribution in [1.82, 2.24) is 0 Å². The molecule has 0 aromatic carbocycles. The van der Waals surface area contributed by atoms with Gasteiger partial charge in [0.1, 0.15) is 0 Å². The maximum atomic E-state index is 11.3. The number of aliphatic hydroxyl groups excluding tert-OH is 1. The smallest absolute Gasteiger partial charge is 0.332 e. The van der Waals surface area contributed by atoms with Gasteiger partial charge >= 0.3 is 11.9 Å². The van der Waals surface area contributed by atoms with E-state index in [2.05, 4.69) is 0 Å². The highest BCUT2D eigenvalue weighted by Gasteiger charge is 2.31. The number of carboxylic acids is 2. The molecule has 0 heterocycles. The van der Waals surface area contributed by atoms with Crippen LogP contribution in [0.2, 0.25) is 0 Å². The minimum atomic E-state index is -1.16. The number of aliphatic hydroxyl groups is 1. The van der Waals surface area contributed by atoms with E-state index in [9.17, 15) is 24.9 Å². The van der Waals surface area contributed by atoms with E-state index < -0.39 is 11.9 Å². The molecule has 1 aliphatic carbocycles. The molecule has 0 aromatic rings. The van der Waals surface area contributed by atoms with Crippen LogP contribution in [0.25, 0.3) is 0 Å². The Morgan fingerprint density at radius 3 is 1.83 bits per heavy atom. The van der Waals surface area contributed by atoms with Gasteiger partial charge in [0.15, 0.2) is 0 Å². The molecular formula is C13H20O5. The van der Waals surface area contributed by atoms with Crippen LogP contribution in [0.1, 0.15) is 39.5 Å². The second-order valence-corrected chi connectivity index (χ2v) is 5.10. The zero-order valence-electron chi connectivity index (χ0n) is 10.7. The van der Waals surface area contributed by atoms with Crippen LogP contribution in [0.5, 0.6) is 0 Å². The molecule has 3 N–H and O–H groups in total. The average molecular weight is 256 g/mol. The topological polar surface area (TPSA) is 94.8 Å². The lowest BCUT2D eigenvalue weighted by molar-refractivity contribution is -0.137. The summed E-state index contributed by atoms with van der Waals surface area (Å²) in [4.78, 5) is 22.6. The highest BCUT2D eigenvalue weighted by molar-refractivity contribution is 5.99. The predicted molar refractivity (Wildman–Crippen MR) is 65.1 cm³/mol. The van der Waals surface area contributed by atoms with Crippen molar-refractivity contribution < 1.29 is 24.9 Å². The molecule has 0 aromatic heterocycles. The zero-order valence-corrected chi connectivity index (χ0v) is 10.7. The summed E-state index contributed by atoms with van der Waals surface area (Å²) < 4.78 is 0. The van der Waals surface area contributed by atoms with E-state index in [0.29, 0.717) is 25.7 Å². The largest absolute Gasteiger partial charge is 0.478 e. The van der Waals surface area contributed by atoms with Crippen LogP contribution in [0.4, 0.5) is 0 Å². The number of hydrogen-bond acceptors (Lipinski definition) is 3. The molecule has 1 fully saturated rings. The minimum absolute atomic E-state index is 0.0103. The van der Waals surface area contributed by atoms with Gasteiger partial charge in [-0.25, -0.2) is 9.59 Å². The Hall–Kier alpha value is -1.36. The van der Waals surface area contributed by atoms with E-state index >= 15 is 0 Å². The Morgan fingerprint density at radius 2 is 1.50 bits per heavy atom. The van der Waals surface area contributed by atoms with Crippen LogP contribution < -0.4 is 0 Å². The van der Waals surface area contributed by atoms with Gasteiger partial charge in [-0.05, 0) is 37.5 Å². The predicted octanol–water partition coefficient (Wildman–Crippen LogP) is 1.66. The quantitative estimate of drug-likeness (QED) is 0.665. The molecule has 1 rings (SSSR count). The maximum Gasteiger partial charge on any atom is 0.332 e. The van der Waals surface area contributed by atoms with Crippen molar-refractivity contribution in [3.63, 3.8) is 0 Å². The summed E-state index contributed by atoms with van der Waals surface area (Å²) >= 11 is 0. The van der Waals surface area contributed by atoms with Crippen molar-refractivity contribution in [2.45, 2.75) is 45.6 Å². The molecule has 0 bridgehead atoms. The van der Waals surface area contributed by atoms with E-state index in [-0.39, 0.29) is 29.1 Å². The normalized spacial score (nSPS) is 25.8. The van der Waals surface area contributed by atoms with Crippen LogP contribution in [0, 0.1) is 11.8 Å². The molecule has 0 spiro atoms. The highest BCUT2D eigenvalue weighted by Crippen LogP contribution is 2.33. The van der Waals surface area contributed by atoms with Crippen molar-refractivity contribution >= 4 is 11.9 Å². The van der Waals surface area contributed by atoms with Crippen LogP contribution in [-0.2, 0) is 9.59 Å². The third-order valence-corrected chi connectivity index (χ3v) is 3.43. The lowest BCUT2D eigenvalue weighted by atomic mass is 9.79. The number of rotatable bonds is 4.